The summed E-state index contributed by atoms with van der Waals surface area (Å²) in [7, 11) is 0. The van der Waals surface area contributed by atoms with E-state index in [-0.39, 0.29) is 78.6 Å². The fourth-order valence-electron chi connectivity index (χ4n) is 2.86. The van der Waals surface area contributed by atoms with Crippen molar-refractivity contribution in [2.75, 3.05) is 0 Å². The van der Waals surface area contributed by atoms with E-state index in [9.17, 15) is 57.5 Å². The Balaban J connectivity index is -0.000000110. The van der Waals surface area contributed by atoms with Crippen LogP contribution in [0.4, 0.5) is 0 Å². The van der Waals surface area contributed by atoms with Crippen LogP contribution in [-0.2, 0) is 136 Å². The Kier molecular flexibility index (Phi) is 35.3. The van der Waals surface area contributed by atoms with Gasteiger partial charge in [0.2, 0.25) is 0 Å². The second-order valence-electron chi connectivity index (χ2n) is 9.91. The molecule has 0 radical (unpaired) electrons. The Morgan fingerprint density at radius 1 is 0.236 bits per heavy atom. The van der Waals surface area contributed by atoms with E-state index in [1.807, 2.05) is 0 Å². The van der Waals surface area contributed by atoms with Gasteiger partial charge in [-0.3, -0.25) is 38.4 Å². The van der Waals surface area contributed by atoms with Gasteiger partial charge in [-0.2, -0.15) is 0 Å². The second-order valence-corrected chi connectivity index (χ2v) is 9.91. The molecule has 16 N–H and O–H groups in total. The SMILES string of the molecule is O=C(O)CC(O)(CC(=O)O)C(=O)O.O=C(O)CC(O)(CC(=O)O)C(=O)O.O=C(O)CC(O)(CC(=O)O)C(=O)O.O=C(O)CC(O)(CC(=O)O)C(=O)O.[Zr].[Zr].[Zr]. The van der Waals surface area contributed by atoms with Crippen molar-refractivity contribution >= 4 is 71.6 Å². The molecule has 0 atom stereocenters. The van der Waals surface area contributed by atoms with Crippen LogP contribution in [0.5, 0.6) is 0 Å². The number of hydrogen-bond donors (Lipinski definition) is 16. The molecule has 31 heteroatoms. The molecular formula is C24H32O28Zr3. The smallest absolute Gasteiger partial charge is 0.336 e. The van der Waals surface area contributed by atoms with E-state index in [1.165, 1.54) is 0 Å². The molecule has 0 amide bonds. The molecular weight excluding hydrogens is 1010 g/mol. The van der Waals surface area contributed by atoms with Gasteiger partial charge in [-0.1, -0.05) is 0 Å². The Morgan fingerprint density at radius 2 is 0.309 bits per heavy atom. The number of aliphatic hydroxyl groups is 4. The number of hydrogen-bond acceptors (Lipinski definition) is 16. The molecule has 0 aromatic carbocycles. The minimum Gasteiger partial charge on any atom is -0.481 e. The molecule has 0 rings (SSSR count). The molecule has 0 aliphatic heterocycles. The molecule has 0 unspecified atom stereocenters. The molecule has 0 aromatic rings. The van der Waals surface area contributed by atoms with E-state index in [1.54, 1.807) is 0 Å². The summed E-state index contributed by atoms with van der Waals surface area (Å²) in [4.78, 5) is 122. The summed E-state index contributed by atoms with van der Waals surface area (Å²) in [6.45, 7) is 0. The minimum absolute atomic E-state index is 0. The van der Waals surface area contributed by atoms with E-state index >= 15 is 0 Å². The first-order chi connectivity index (χ1) is 23.1. The first kappa shape index (κ1) is 66.0. The zero-order chi connectivity index (χ0) is 42.6. The maximum atomic E-state index is 10.3. The maximum Gasteiger partial charge on any atom is 0.336 e. The van der Waals surface area contributed by atoms with Gasteiger partial charge < -0.3 is 81.7 Å². The van der Waals surface area contributed by atoms with E-state index in [0.29, 0.717) is 0 Å². The van der Waals surface area contributed by atoms with Crippen LogP contribution in [0.15, 0.2) is 0 Å². The van der Waals surface area contributed by atoms with Gasteiger partial charge in [-0.05, 0) is 0 Å². The van der Waals surface area contributed by atoms with Gasteiger partial charge in [0.25, 0.3) is 0 Å². The molecule has 0 fully saturated rings. The van der Waals surface area contributed by atoms with Crippen LogP contribution >= 0.6 is 0 Å². The summed E-state index contributed by atoms with van der Waals surface area (Å²) < 4.78 is 0. The molecule has 0 bridgehead atoms. The largest absolute Gasteiger partial charge is 0.481 e. The molecule has 0 aliphatic carbocycles. The third-order valence-corrected chi connectivity index (χ3v) is 5.14. The average Bonchev–Trinajstić information content (AvgIpc) is 2.85. The molecule has 0 spiro atoms. The van der Waals surface area contributed by atoms with Gasteiger partial charge >= 0.3 is 71.6 Å². The zero-order valence-corrected chi connectivity index (χ0v) is 34.6. The summed E-state index contributed by atoms with van der Waals surface area (Å²) in [6.07, 6.45) is -9.15. The van der Waals surface area contributed by atoms with Crippen molar-refractivity contribution in [1.82, 2.24) is 0 Å². The van der Waals surface area contributed by atoms with Gasteiger partial charge in [0.1, 0.15) is 0 Å². The van der Waals surface area contributed by atoms with Crippen LogP contribution in [0.25, 0.3) is 0 Å². The van der Waals surface area contributed by atoms with Crippen LogP contribution in [0.3, 0.4) is 0 Å². The predicted octanol–water partition coefficient (Wildman–Crippen LogP) is -5.00. The fraction of sp³-hybridized carbons (Fsp3) is 0.500. The zero-order valence-electron chi connectivity index (χ0n) is 27.2. The van der Waals surface area contributed by atoms with E-state index < -0.39 is 145 Å². The number of carboxylic acid groups (broad SMARTS) is 12. The van der Waals surface area contributed by atoms with E-state index in [2.05, 4.69) is 0 Å². The Bertz CT molecular complexity index is 1130. The maximum absolute atomic E-state index is 10.3. The van der Waals surface area contributed by atoms with Crippen molar-refractivity contribution in [2.45, 2.75) is 73.8 Å². The molecule has 28 nitrogen and oxygen atoms in total. The molecule has 0 saturated heterocycles. The van der Waals surface area contributed by atoms with Gasteiger partial charge in [0.15, 0.2) is 22.4 Å². The Labute approximate surface area is 361 Å². The molecule has 0 aliphatic rings. The van der Waals surface area contributed by atoms with Crippen molar-refractivity contribution < 1.29 is 218 Å². The fourth-order valence-corrected chi connectivity index (χ4v) is 2.86. The molecule has 0 aromatic heterocycles. The van der Waals surface area contributed by atoms with Crippen LogP contribution in [0.2, 0.25) is 0 Å². The number of carboxylic acids is 12. The minimum atomic E-state index is -2.74. The van der Waals surface area contributed by atoms with Crippen molar-refractivity contribution in [3.8, 4) is 0 Å². The third kappa shape index (κ3) is 32.1. The number of aliphatic carboxylic acids is 12. The van der Waals surface area contributed by atoms with Crippen molar-refractivity contribution in [2.24, 2.45) is 0 Å². The van der Waals surface area contributed by atoms with Crippen molar-refractivity contribution in [3.63, 3.8) is 0 Å². The number of rotatable bonds is 20. The number of carbonyl (C=O) groups is 12. The molecule has 0 saturated carbocycles. The topological polar surface area (TPSA) is 529 Å². The first-order valence-corrected chi connectivity index (χ1v) is 12.7. The Morgan fingerprint density at radius 3 is 0.345 bits per heavy atom. The summed E-state index contributed by atoms with van der Waals surface area (Å²) in [5.41, 5.74) is -11.0. The van der Waals surface area contributed by atoms with Crippen LogP contribution < -0.4 is 0 Å². The van der Waals surface area contributed by atoms with E-state index in [4.69, 9.17) is 81.7 Å². The normalized spacial score (nSPS) is 10.3. The summed E-state index contributed by atoms with van der Waals surface area (Å²) in [5.74, 6) is -20.1. The third-order valence-electron chi connectivity index (χ3n) is 5.14. The van der Waals surface area contributed by atoms with Gasteiger partial charge in [-0.25, -0.2) is 19.2 Å². The van der Waals surface area contributed by atoms with Crippen LogP contribution in [0.1, 0.15) is 51.4 Å². The predicted molar refractivity (Wildman–Crippen MR) is 148 cm³/mol. The standard InChI is InChI=1S/4C6H8O7.3Zr/c4*7-3(8)1-6(13,5(11)12)2-4(9)10;;;/h4*13H,1-2H2,(H,7,8)(H,9,10)(H,11,12);;;. The summed E-state index contributed by atoms with van der Waals surface area (Å²) >= 11 is 0. The molecule has 0 heterocycles. The van der Waals surface area contributed by atoms with E-state index in [0.717, 1.165) is 0 Å². The average molecular weight is 1040 g/mol. The summed E-state index contributed by atoms with van der Waals surface area (Å²) in [5, 5.41) is 135. The van der Waals surface area contributed by atoms with Crippen molar-refractivity contribution in [3.05, 3.63) is 0 Å². The second kappa shape index (κ2) is 29.4. The monoisotopic (exact) mass is 1040 g/mol. The van der Waals surface area contributed by atoms with Gasteiger partial charge in [0, 0.05) is 78.6 Å². The summed E-state index contributed by atoms with van der Waals surface area (Å²) in [6, 6.07) is 0. The molecule has 55 heavy (non-hydrogen) atoms. The Hall–Kier alpha value is -3.87. The van der Waals surface area contributed by atoms with Crippen LogP contribution in [0, 0.1) is 0 Å². The molecule has 308 valence electrons. The van der Waals surface area contributed by atoms with Crippen molar-refractivity contribution in [1.29, 1.82) is 0 Å². The van der Waals surface area contributed by atoms with Crippen LogP contribution in [-0.4, -0.2) is 176 Å². The first-order valence-electron chi connectivity index (χ1n) is 12.7. The quantitative estimate of drug-likeness (QED) is 0.0543. The van der Waals surface area contributed by atoms with Gasteiger partial charge in [-0.15, -0.1) is 0 Å². The van der Waals surface area contributed by atoms with Gasteiger partial charge in [0.05, 0.1) is 51.4 Å².